The summed E-state index contributed by atoms with van der Waals surface area (Å²) in [6.45, 7) is 3.90. The fourth-order valence-corrected chi connectivity index (χ4v) is 5.04. The van der Waals surface area contributed by atoms with Crippen LogP contribution < -0.4 is 10.2 Å². The molecule has 6 heteroatoms. The summed E-state index contributed by atoms with van der Waals surface area (Å²) in [5, 5.41) is 4.29. The van der Waals surface area contributed by atoms with Gasteiger partial charge in [-0.1, -0.05) is 25.1 Å². The number of nitrogens with zero attached hydrogens (tertiary/aromatic N) is 3. The van der Waals surface area contributed by atoms with Gasteiger partial charge in [0.2, 0.25) is 0 Å². The molecule has 5 nitrogen and oxygen atoms in total. The van der Waals surface area contributed by atoms with Crippen LogP contribution in [0.4, 0.5) is 5.69 Å². The Hall–Kier alpha value is -2.70. The van der Waals surface area contributed by atoms with Crippen LogP contribution in [-0.4, -0.2) is 27.4 Å². The summed E-state index contributed by atoms with van der Waals surface area (Å²) >= 11 is 5.85. The number of benzene rings is 1. The monoisotopic (exact) mass is 432 g/mol. The number of aromatic nitrogens is 2. The third-order valence-corrected chi connectivity index (χ3v) is 6.63. The Morgan fingerprint density at radius 1 is 1.13 bits per heavy atom. The van der Waals surface area contributed by atoms with Crippen LogP contribution in [0.5, 0.6) is 0 Å². The van der Waals surface area contributed by atoms with Crippen LogP contribution in [0.1, 0.15) is 48.8 Å². The van der Waals surface area contributed by atoms with Gasteiger partial charge < -0.3 is 19.5 Å². The molecule has 1 aromatic carbocycles. The van der Waals surface area contributed by atoms with Crippen LogP contribution in [-0.2, 0) is 17.7 Å². The summed E-state index contributed by atoms with van der Waals surface area (Å²) in [4.78, 5) is 6.91. The molecule has 4 heterocycles. The summed E-state index contributed by atoms with van der Waals surface area (Å²) in [5.74, 6) is 0. The second kappa shape index (κ2) is 8.81. The standard InChI is InChI=1S/C25H28N4OS/c1-2-18-10-12-19(13-11-18)29-24(23(27-25(29)31)21-8-3-4-14-26-21)22-9-5-15-28(22)17-20-7-6-16-30-20/h3-5,8-15,20,23-24H,2,6-7,16-17H2,1H3,(H,27,31)/t20-,23+,24-/m0/s1. The van der Waals surface area contributed by atoms with Crippen molar-refractivity contribution >= 4 is 23.0 Å². The Kier molecular flexibility index (Phi) is 5.74. The zero-order chi connectivity index (χ0) is 21.2. The highest BCUT2D eigenvalue weighted by molar-refractivity contribution is 7.80. The van der Waals surface area contributed by atoms with Crippen molar-refractivity contribution in [1.29, 1.82) is 0 Å². The number of nitrogens with one attached hydrogen (secondary N) is 1. The zero-order valence-electron chi connectivity index (χ0n) is 17.8. The Bertz CT molecular complexity index is 1030. The zero-order valence-corrected chi connectivity index (χ0v) is 18.6. The van der Waals surface area contributed by atoms with E-state index in [4.69, 9.17) is 17.0 Å². The maximum absolute atomic E-state index is 5.93. The second-order valence-corrected chi connectivity index (χ2v) is 8.62. The first-order valence-electron chi connectivity index (χ1n) is 11.1. The first kappa shape index (κ1) is 20.2. The van der Waals surface area contributed by atoms with Crippen molar-refractivity contribution in [2.75, 3.05) is 11.5 Å². The molecule has 0 radical (unpaired) electrons. The minimum Gasteiger partial charge on any atom is -0.376 e. The molecule has 3 atom stereocenters. The topological polar surface area (TPSA) is 42.3 Å². The van der Waals surface area contributed by atoms with Crippen molar-refractivity contribution in [3.63, 3.8) is 0 Å². The first-order valence-corrected chi connectivity index (χ1v) is 11.5. The molecule has 2 aromatic heterocycles. The van der Waals surface area contributed by atoms with E-state index in [9.17, 15) is 0 Å². The summed E-state index contributed by atoms with van der Waals surface area (Å²) in [7, 11) is 0. The van der Waals surface area contributed by atoms with Gasteiger partial charge in [-0.15, -0.1) is 0 Å². The number of hydrogen-bond acceptors (Lipinski definition) is 3. The van der Waals surface area contributed by atoms with E-state index in [-0.39, 0.29) is 18.2 Å². The van der Waals surface area contributed by atoms with E-state index in [0.29, 0.717) is 0 Å². The van der Waals surface area contributed by atoms with Gasteiger partial charge in [0.1, 0.15) is 6.04 Å². The number of rotatable bonds is 6. The van der Waals surface area contributed by atoms with E-state index in [1.165, 1.54) is 11.3 Å². The van der Waals surface area contributed by atoms with Crippen molar-refractivity contribution in [2.45, 2.75) is 50.9 Å². The molecular formula is C25H28N4OS. The summed E-state index contributed by atoms with van der Waals surface area (Å²) in [6.07, 6.45) is 7.56. The Morgan fingerprint density at radius 3 is 2.71 bits per heavy atom. The van der Waals surface area contributed by atoms with Crippen molar-refractivity contribution in [1.82, 2.24) is 14.9 Å². The van der Waals surface area contributed by atoms with Crippen LogP contribution >= 0.6 is 12.2 Å². The number of thiocarbonyl (C=S) groups is 1. The molecule has 0 unspecified atom stereocenters. The number of hydrogen-bond donors (Lipinski definition) is 1. The molecular weight excluding hydrogens is 404 g/mol. The lowest BCUT2D eigenvalue weighted by Crippen LogP contribution is -2.31. The summed E-state index contributed by atoms with van der Waals surface area (Å²) in [5.41, 5.74) is 4.63. The number of ether oxygens (including phenoxy) is 1. The first-order chi connectivity index (χ1) is 15.2. The molecule has 0 aliphatic carbocycles. The quantitative estimate of drug-likeness (QED) is 0.567. The smallest absolute Gasteiger partial charge is 0.174 e. The number of aryl methyl sites for hydroxylation is 1. The third-order valence-electron chi connectivity index (χ3n) is 6.31. The molecule has 1 N–H and O–H groups in total. The Morgan fingerprint density at radius 2 is 2.00 bits per heavy atom. The Labute approximate surface area is 189 Å². The van der Waals surface area contributed by atoms with E-state index in [1.54, 1.807) is 0 Å². The van der Waals surface area contributed by atoms with Crippen molar-refractivity contribution in [2.24, 2.45) is 0 Å². The molecule has 160 valence electrons. The van der Waals surface area contributed by atoms with Gasteiger partial charge in [-0.3, -0.25) is 4.98 Å². The van der Waals surface area contributed by atoms with Gasteiger partial charge in [0.25, 0.3) is 0 Å². The molecule has 2 aliphatic rings. The lowest BCUT2D eigenvalue weighted by Gasteiger charge is -2.29. The van der Waals surface area contributed by atoms with Crippen LogP contribution in [0.15, 0.2) is 67.0 Å². The predicted molar refractivity (Wildman–Crippen MR) is 127 cm³/mol. The molecule has 0 amide bonds. The van der Waals surface area contributed by atoms with Gasteiger partial charge in [0, 0.05) is 36.9 Å². The highest BCUT2D eigenvalue weighted by atomic mass is 32.1. The average Bonchev–Trinajstić information content (AvgIpc) is 3.55. The second-order valence-electron chi connectivity index (χ2n) is 8.24. The van der Waals surface area contributed by atoms with Crippen molar-refractivity contribution in [3.8, 4) is 0 Å². The summed E-state index contributed by atoms with van der Waals surface area (Å²) in [6, 6.07) is 19.1. The predicted octanol–water partition coefficient (Wildman–Crippen LogP) is 4.80. The van der Waals surface area contributed by atoms with E-state index in [0.717, 1.165) is 48.9 Å². The molecule has 2 saturated heterocycles. The average molecular weight is 433 g/mol. The normalized spacial score (nSPS) is 23.3. The van der Waals surface area contributed by atoms with Gasteiger partial charge in [-0.25, -0.2) is 0 Å². The fraction of sp³-hybridized carbons (Fsp3) is 0.360. The molecule has 0 saturated carbocycles. The highest BCUT2D eigenvalue weighted by Crippen LogP contribution is 2.41. The lowest BCUT2D eigenvalue weighted by molar-refractivity contribution is 0.0961. The maximum Gasteiger partial charge on any atom is 0.174 e. The molecule has 3 aromatic rings. The molecule has 31 heavy (non-hydrogen) atoms. The third kappa shape index (κ3) is 3.98. The van der Waals surface area contributed by atoms with E-state index >= 15 is 0 Å². The molecule has 2 fully saturated rings. The van der Waals surface area contributed by atoms with Crippen LogP contribution in [0, 0.1) is 0 Å². The lowest BCUT2D eigenvalue weighted by atomic mass is 10.0. The molecule has 0 spiro atoms. The van der Waals surface area contributed by atoms with Gasteiger partial charge in [0.05, 0.1) is 17.8 Å². The van der Waals surface area contributed by atoms with E-state index < -0.39 is 0 Å². The SMILES string of the molecule is CCc1ccc(N2C(=S)N[C@H](c3ccccn3)[C@@H]2c2cccn2C[C@@H]2CCCO2)cc1. The van der Waals surface area contributed by atoms with Crippen LogP contribution in [0.3, 0.4) is 0 Å². The molecule has 5 rings (SSSR count). The molecule has 2 aliphatic heterocycles. The van der Waals surface area contributed by atoms with Gasteiger partial charge in [0.15, 0.2) is 5.11 Å². The van der Waals surface area contributed by atoms with E-state index in [2.05, 4.69) is 75.4 Å². The number of anilines is 1. The van der Waals surface area contributed by atoms with E-state index in [1.807, 2.05) is 18.3 Å². The summed E-state index contributed by atoms with van der Waals surface area (Å²) < 4.78 is 8.26. The largest absolute Gasteiger partial charge is 0.376 e. The van der Waals surface area contributed by atoms with Gasteiger partial charge in [-0.05, 0) is 73.4 Å². The minimum atomic E-state index is -0.0299. The maximum atomic E-state index is 5.93. The van der Waals surface area contributed by atoms with Crippen molar-refractivity contribution < 1.29 is 4.74 Å². The Balaban J connectivity index is 1.56. The fourth-order valence-electron chi connectivity index (χ4n) is 4.70. The van der Waals surface area contributed by atoms with Crippen LogP contribution in [0.25, 0.3) is 0 Å². The van der Waals surface area contributed by atoms with Crippen LogP contribution in [0.2, 0.25) is 0 Å². The van der Waals surface area contributed by atoms with Gasteiger partial charge in [-0.2, -0.15) is 0 Å². The molecule has 0 bridgehead atoms. The highest BCUT2D eigenvalue weighted by Gasteiger charge is 2.42. The minimum absolute atomic E-state index is 0.00581. The van der Waals surface area contributed by atoms with Crippen molar-refractivity contribution in [3.05, 3.63) is 83.9 Å². The number of pyridine rings is 1. The van der Waals surface area contributed by atoms with Gasteiger partial charge >= 0.3 is 0 Å².